The number of likely N-dealkylation sites (tertiary alicyclic amines) is 1. The van der Waals surface area contributed by atoms with Crippen LogP contribution in [0.25, 0.3) is 0 Å². The molecule has 1 saturated carbocycles. The number of piperidine rings is 1. The second-order valence-corrected chi connectivity index (χ2v) is 8.51. The number of rotatable bonds is 4. The fraction of sp³-hybridized carbons (Fsp3) is 0.526. The summed E-state index contributed by atoms with van der Waals surface area (Å²) in [6, 6.07) is 4.35. The van der Waals surface area contributed by atoms with Crippen molar-refractivity contribution in [1.29, 1.82) is 0 Å². The third kappa shape index (κ3) is 3.59. The van der Waals surface area contributed by atoms with Crippen molar-refractivity contribution in [2.45, 2.75) is 38.8 Å². The first-order chi connectivity index (χ1) is 12.6. The fourth-order valence-electron chi connectivity index (χ4n) is 4.12. The minimum absolute atomic E-state index is 0.00112. The molecule has 138 valence electrons. The molecular formula is C19H25N5OS. The highest BCUT2D eigenvalue weighted by Crippen LogP contribution is 2.56. The molecule has 2 aliphatic rings. The molecule has 0 radical (unpaired) electrons. The molecular weight excluding hydrogens is 346 g/mol. The molecule has 2 fully saturated rings. The zero-order chi connectivity index (χ0) is 18.1. The van der Waals surface area contributed by atoms with Gasteiger partial charge in [0, 0.05) is 48.3 Å². The van der Waals surface area contributed by atoms with E-state index in [1.165, 1.54) is 11.4 Å². The van der Waals surface area contributed by atoms with E-state index in [0.717, 1.165) is 43.9 Å². The lowest BCUT2D eigenvalue weighted by Crippen LogP contribution is -2.43. The van der Waals surface area contributed by atoms with E-state index in [4.69, 9.17) is 0 Å². The fourth-order valence-corrected chi connectivity index (χ4v) is 4.80. The van der Waals surface area contributed by atoms with Crippen LogP contribution >= 0.6 is 11.3 Å². The Morgan fingerprint density at radius 1 is 1.38 bits per heavy atom. The van der Waals surface area contributed by atoms with Gasteiger partial charge in [-0.25, -0.2) is 9.78 Å². The first-order valence-corrected chi connectivity index (χ1v) is 10.0. The molecule has 2 aromatic rings. The van der Waals surface area contributed by atoms with Gasteiger partial charge in [0.1, 0.15) is 5.01 Å². The molecule has 1 atom stereocenters. The van der Waals surface area contributed by atoms with Crippen LogP contribution < -0.4 is 5.32 Å². The molecule has 0 aromatic carbocycles. The summed E-state index contributed by atoms with van der Waals surface area (Å²) >= 11 is 1.72. The van der Waals surface area contributed by atoms with Crippen LogP contribution in [0.3, 0.4) is 0 Å². The minimum atomic E-state index is -0.00112. The summed E-state index contributed by atoms with van der Waals surface area (Å²) in [4.78, 5) is 25.5. The predicted octanol–water partition coefficient (Wildman–Crippen LogP) is 3.36. The SMILES string of the molecule is Cc1cc(NC(=O)N2CCC3(CC2)C[C@H]3N(C)Cc2nccs2)ccn1. The molecule has 4 rings (SSSR count). The van der Waals surface area contributed by atoms with Gasteiger partial charge in [0.15, 0.2) is 0 Å². The molecule has 3 heterocycles. The first kappa shape index (κ1) is 17.4. The summed E-state index contributed by atoms with van der Waals surface area (Å²) in [5.74, 6) is 0. The lowest BCUT2D eigenvalue weighted by atomic mass is 9.92. The van der Waals surface area contributed by atoms with Gasteiger partial charge in [-0.1, -0.05) is 0 Å². The largest absolute Gasteiger partial charge is 0.324 e. The zero-order valence-electron chi connectivity index (χ0n) is 15.3. The Hall–Kier alpha value is -1.99. The summed E-state index contributed by atoms with van der Waals surface area (Å²) < 4.78 is 0. The van der Waals surface area contributed by atoms with E-state index >= 15 is 0 Å². The average Bonchev–Trinajstić information content (AvgIpc) is 3.07. The molecule has 0 unspecified atom stereocenters. The maximum Gasteiger partial charge on any atom is 0.321 e. The van der Waals surface area contributed by atoms with E-state index in [2.05, 4.69) is 27.2 Å². The van der Waals surface area contributed by atoms with Gasteiger partial charge in [-0.15, -0.1) is 11.3 Å². The number of aryl methyl sites for hydroxylation is 1. The average molecular weight is 372 g/mol. The van der Waals surface area contributed by atoms with Crippen LogP contribution in [0, 0.1) is 12.3 Å². The van der Waals surface area contributed by atoms with Gasteiger partial charge < -0.3 is 10.2 Å². The molecule has 2 aromatic heterocycles. The Labute approximate surface area is 158 Å². The molecule has 26 heavy (non-hydrogen) atoms. The maximum absolute atomic E-state index is 12.5. The monoisotopic (exact) mass is 371 g/mol. The summed E-state index contributed by atoms with van der Waals surface area (Å²) in [7, 11) is 2.20. The van der Waals surface area contributed by atoms with Gasteiger partial charge in [-0.2, -0.15) is 0 Å². The van der Waals surface area contributed by atoms with Crippen LogP contribution in [0.2, 0.25) is 0 Å². The van der Waals surface area contributed by atoms with Gasteiger partial charge in [0.2, 0.25) is 0 Å². The van der Waals surface area contributed by atoms with E-state index in [9.17, 15) is 4.79 Å². The van der Waals surface area contributed by atoms with Gasteiger partial charge in [0.05, 0.1) is 6.54 Å². The van der Waals surface area contributed by atoms with E-state index in [1.54, 1.807) is 17.5 Å². The number of aromatic nitrogens is 2. The highest BCUT2D eigenvalue weighted by molar-refractivity contribution is 7.09. The van der Waals surface area contributed by atoms with Crippen LogP contribution in [0.15, 0.2) is 29.9 Å². The van der Waals surface area contributed by atoms with Crippen molar-refractivity contribution >= 4 is 23.1 Å². The van der Waals surface area contributed by atoms with E-state index in [1.807, 2.05) is 35.5 Å². The molecule has 6 nitrogen and oxygen atoms in total. The summed E-state index contributed by atoms with van der Waals surface area (Å²) in [5.41, 5.74) is 2.12. The summed E-state index contributed by atoms with van der Waals surface area (Å²) in [5, 5.41) is 6.21. The van der Waals surface area contributed by atoms with E-state index < -0.39 is 0 Å². The number of thiazole rings is 1. The quantitative estimate of drug-likeness (QED) is 0.895. The Morgan fingerprint density at radius 3 is 2.88 bits per heavy atom. The van der Waals surface area contributed by atoms with Gasteiger partial charge in [-0.3, -0.25) is 9.88 Å². The van der Waals surface area contributed by atoms with Crippen LogP contribution in [0.4, 0.5) is 10.5 Å². The third-order valence-corrected chi connectivity index (χ3v) is 6.51. The molecule has 1 saturated heterocycles. The number of anilines is 1. The molecule has 1 aliphatic heterocycles. The van der Waals surface area contributed by atoms with Gasteiger partial charge in [-0.05, 0) is 50.8 Å². The normalized spacial score (nSPS) is 21.2. The number of hydrogen-bond donors (Lipinski definition) is 1. The molecule has 1 N–H and O–H groups in total. The number of hydrogen-bond acceptors (Lipinski definition) is 5. The lowest BCUT2D eigenvalue weighted by Gasteiger charge is -2.34. The Balaban J connectivity index is 1.28. The standard InChI is InChI=1S/C19H25N5OS/c1-14-11-15(3-6-20-14)22-18(25)24-8-4-19(5-9-24)12-16(19)23(2)13-17-21-7-10-26-17/h3,6-7,10-11,16H,4-5,8-9,12-13H2,1-2H3,(H,20,22,25)/t16-/m1/s1. The van der Waals surface area contributed by atoms with Crippen molar-refractivity contribution in [1.82, 2.24) is 19.8 Å². The van der Waals surface area contributed by atoms with Crippen molar-refractivity contribution in [3.8, 4) is 0 Å². The maximum atomic E-state index is 12.5. The van der Waals surface area contributed by atoms with Crippen molar-refractivity contribution in [2.24, 2.45) is 5.41 Å². The van der Waals surface area contributed by atoms with E-state index in [-0.39, 0.29) is 6.03 Å². The molecule has 2 amide bonds. The topological polar surface area (TPSA) is 61.4 Å². The lowest BCUT2D eigenvalue weighted by molar-refractivity contribution is 0.157. The molecule has 1 aliphatic carbocycles. The van der Waals surface area contributed by atoms with Crippen LogP contribution in [0.5, 0.6) is 0 Å². The number of urea groups is 1. The number of carbonyl (C=O) groups is 1. The number of pyridine rings is 1. The first-order valence-electron chi connectivity index (χ1n) is 9.13. The second kappa shape index (κ2) is 6.96. The molecule has 0 bridgehead atoms. The van der Waals surface area contributed by atoms with Crippen LogP contribution in [-0.2, 0) is 6.54 Å². The molecule has 7 heteroatoms. The van der Waals surface area contributed by atoms with Crippen LogP contribution in [-0.4, -0.2) is 52.0 Å². The van der Waals surface area contributed by atoms with Crippen molar-refractivity contribution < 1.29 is 4.79 Å². The van der Waals surface area contributed by atoms with Crippen molar-refractivity contribution in [3.63, 3.8) is 0 Å². The number of carbonyl (C=O) groups excluding carboxylic acids is 1. The number of nitrogens with one attached hydrogen (secondary N) is 1. The Kier molecular flexibility index (Phi) is 4.67. The summed E-state index contributed by atoms with van der Waals surface area (Å²) in [6.07, 6.45) is 7.01. The Bertz CT molecular complexity index is 770. The highest BCUT2D eigenvalue weighted by Gasteiger charge is 2.56. The highest BCUT2D eigenvalue weighted by atomic mass is 32.1. The summed E-state index contributed by atoms with van der Waals surface area (Å²) in [6.45, 7) is 4.51. The smallest absolute Gasteiger partial charge is 0.321 e. The molecule has 1 spiro atoms. The van der Waals surface area contributed by atoms with Crippen molar-refractivity contribution in [2.75, 3.05) is 25.5 Å². The minimum Gasteiger partial charge on any atom is -0.324 e. The third-order valence-electron chi connectivity index (χ3n) is 5.74. The second-order valence-electron chi connectivity index (χ2n) is 7.53. The van der Waals surface area contributed by atoms with Gasteiger partial charge >= 0.3 is 6.03 Å². The number of amides is 2. The van der Waals surface area contributed by atoms with Crippen LogP contribution in [0.1, 0.15) is 30.0 Å². The zero-order valence-corrected chi connectivity index (χ0v) is 16.1. The van der Waals surface area contributed by atoms with E-state index in [0.29, 0.717) is 11.5 Å². The Morgan fingerprint density at radius 2 is 2.19 bits per heavy atom. The predicted molar refractivity (Wildman–Crippen MR) is 103 cm³/mol. The van der Waals surface area contributed by atoms with Gasteiger partial charge in [0.25, 0.3) is 0 Å². The number of nitrogens with zero attached hydrogens (tertiary/aromatic N) is 4. The van der Waals surface area contributed by atoms with Crippen molar-refractivity contribution in [3.05, 3.63) is 40.6 Å².